The van der Waals surface area contributed by atoms with Crippen LogP contribution in [0.3, 0.4) is 0 Å². The highest BCUT2D eigenvalue weighted by atomic mass is 16.2. The van der Waals surface area contributed by atoms with Crippen molar-refractivity contribution in [3.8, 4) is 0 Å². The second-order valence-electron chi connectivity index (χ2n) is 5.89. The fraction of sp³-hybridized carbons (Fsp3) is 0.714. The first kappa shape index (κ1) is 14.7. The van der Waals surface area contributed by atoms with Crippen molar-refractivity contribution in [2.75, 3.05) is 32.5 Å². The third-order valence-electron chi connectivity index (χ3n) is 3.65. The molecule has 1 fully saturated rings. The van der Waals surface area contributed by atoms with Gasteiger partial charge in [0.25, 0.3) is 0 Å². The number of aromatic nitrogens is 2. The van der Waals surface area contributed by atoms with Gasteiger partial charge in [-0.1, -0.05) is 0 Å². The minimum atomic E-state index is 0.107. The van der Waals surface area contributed by atoms with Gasteiger partial charge in [-0.2, -0.15) is 5.10 Å². The average molecular weight is 279 g/mol. The van der Waals surface area contributed by atoms with Crippen molar-refractivity contribution >= 4 is 11.7 Å². The number of carbonyl (C=O) groups is 1. The van der Waals surface area contributed by atoms with E-state index in [0.29, 0.717) is 12.1 Å². The van der Waals surface area contributed by atoms with Gasteiger partial charge in [0.1, 0.15) is 0 Å². The Hall–Kier alpha value is -1.72. The predicted octanol–water partition coefficient (Wildman–Crippen LogP) is 2.02. The summed E-state index contributed by atoms with van der Waals surface area (Å²) in [6.45, 7) is 5.85. The zero-order chi connectivity index (χ0) is 14.7. The van der Waals surface area contributed by atoms with Crippen LogP contribution in [0.1, 0.15) is 32.7 Å². The summed E-state index contributed by atoms with van der Waals surface area (Å²) in [4.78, 5) is 15.4. The topological polar surface area (TPSA) is 53.4 Å². The molecule has 112 valence electrons. The lowest BCUT2D eigenvalue weighted by atomic mass is 10.1. The molecule has 1 aromatic heterocycles. The van der Waals surface area contributed by atoms with Gasteiger partial charge in [-0.3, -0.25) is 4.68 Å². The number of rotatable bonds is 3. The van der Waals surface area contributed by atoms with Gasteiger partial charge in [0.15, 0.2) is 0 Å². The third kappa shape index (κ3) is 3.43. The molecule has 0 aromatic carbocycles. The maximum absolute atomic E-state index is 11.9. The van der Waals surface area contributed by atoms with Gasteiger partial charge in [-0.05, 0) is 26.7 Å². The maximum atomic E-state index is 11.9. The number of likely N-dealkylation sites (tertiary alicyclic amines) is 1. The van der Waals surface area contributed by atoms with E-state index in [9.17, 15) is 4.79 Å². The molecule has 0 saturated carbocycles. The van der Waals surface area contributed by atoms with Crippen molar-refractivity contribution < 1.29 is 4.79 Å². The van der Waals surface area contributed by atoms with E-state index >= 15 is 0 Å². The van der Waals surface area contributed by atoms with Crippen molar-refractivity contribution in [3.63, 3.8) is 0 Å². The largest absolute Gasteiger partial charge is 0.380 e. The SMILES string of the molecule is CC(C)n1cc(NC2CCN(C(=O)N(C)C)CC2)cn1. The molecular weight excluding hydrogens is 254 g/mol. The zero-order valence-corrected chi connectivity index (χ0v) is 12.8. The zero-order valence-electron chi connectivity index (χ0n) is 12.8. The summed E-state index contributed by atoms with van der Waals surface area (Å²) in [6, 6.07) is 0.909. The molecule has 1 saturated heterocycles. The standard InChI is InChI=1S/C14H25N5O/c1-11(2)19-10-13(9-15-19)16-12-5-7-18(8-6-12)14(20)17(3)4/h9-12,16H,5-8H2,1-4H3. The fourth-order valence-electron chi connectivity index (χ4n) is 2.43. The van der Waals surface area contributed by atoms with Crippen LogP contribution in [-0.4, -0.2) is 58.8 Å². The number of hydrogen-bond acceptors (Lipinski definition) is 3. The summed E-state index contributed by atoms with van der Waals surface area (Å²) < 4.78 is 1.95. The van der Waals surface area contributed by atoms with Gasteiger partial charge in [0, 0.05) is 45.5 Å². The van der Waals surface area contributed by atoms with Crippen LogP contribution in [0.15, 0.2) is 12.4 Å². The van der Waals surface area contributed by atoms with Gasteiger partial charge in [-0.25, -0.2) is 4.79 Å². The molecule has 6 nitrogen and oxygen atoms in total. The van der Waals surface area contributed by atoms with Gasteiger partial charge >= 0.3 is 6.03 Å². The first-order valence-electron chi connectivity index (χ1n) is 7.24. The highest BCUT2D eigenvalue weighted by molar-refractivity contribution is 5.73. The highest BCUT2D eigenvalue weighted by Gasteiger charge is 2.23. The minimum absolute atomic E-state index is 0.107. The Morgan fingerprint density at radius 1 is 1.40 bits per heavy atom. The lowest BCUT2D eigenvalue weighted by Gasteiger charge is -2.34. The Balaban J connectivity index is 1.83. The predicted molar refractivity (Wildman–Crippen MR) is 79.9 cm³/mol. The minimum Gasteiger partial charge on any atom is -0.380 e. The summed E-state index contributed by atoms with van der Waals surface area (Å²) in [5.41, 5.74) is 1.07. The van der Waals surface area contributed by atoms with E-state index in [2.05, 4.69) is 24.3 Å². The summed E-state index contributed by atoms with van der Waals surface area (Å²) >= 11 is 0. The van der Waals surface area contributed by atoms with Crippen molar-refractivity contribution in [2.24, 2.45) is 0 Å². The maximum Gasteiger partial charge on any atom is 0.319 e. The number of anilines is 1. The number of carbonyl (C=O) groups excluding carboxylic acids is 1. The summed E-state index contributed by atoms with van der Waals surface area (Å²) in [5, 5.41) is 7.84. The van der Waals surface area contributed by atoms with Crippen molar-refractivity contribution in [2.45, 2.75) is 38.8 Å². The molecule has 0 atom stereocenters. The molecule has 0 radical (unpaired) electrons. The number of hydrogen-bond donors (Lipinski definition) is 1. The Labute approximate surface area is 120 Å². The molecular formula is C14H25N5O. The Kier molecular flexibility index (Phi) is 4.52. The average Bonchev–Trinajstić information content (AvgIpc) is 2.87. The van der Waals surface area contributed by atoms with E-state index in [4.69, 9.17) is 0 Å². The molecule has 1 N–H and O–H groups in total. The van der Waals surface area contributed by atoms with Gasteiger partial charge < -0.3 is 15.1 Å². The molecule has 0 aliphatic carbocycles. The van der Waals surface area contributed by atoms with Crippen LogP contribution in [0.5, 0.6) is 0 Å². The summed E-state index contributed by atoms with van der Waals surface area (Å²) in [5.74, 6) is 0. The molecule has 2 amide bonds. The number of nitrogens with one attached hydrogen (secondary N) is 1. The van der Waals surface area contributed by atoms with E-state index in [1.807, 2.05) is 22.0 Å². The van der Waals surface area contributed by atoms with Crippen molar-refractivity contribution in [1.82, 2.24) is 19.6 Å². The molecule has 0 bridgehead atoms. The molecule has 6 heteroatoms. The fourth-order valence-corrected chi connectivity index (χ4v) is 2.43. The second-order valence-corrected chi connectivity index (χ2v) is 5.89. The van der Waals surface area contributed by atoms with Gasteiger partial charge in [0.05, 0.1) is 11.9 Å². The van der Waals surface area contributed by atoms with Crippen molar-refractivity contribution in [3.05, 3.63) is 12.4 Å². The van der Waals surface area contributed by atoms with Crippen LogP contribution >= 0.6 is 0 Å². The van der Waals surface area contributed by atoms with Crippen LogP contribution in [0, 0.1) is 0 Å². The molecule has 2 rings (SSSR count). The number of nitrogens with zero attached hydrogens (tertiary/aromatic N) is 4. The molecule has 1 aromatic rings. The molecule has 0 unspecified atom stereocenters. The summed E-state index contributed by atoms with van der Waals surface area (Å²) in [7, 11) is 3.60. The lowest BCUT2D eigenvalue weighted by molar-refractivity contribution is 0.158. The quantitative estimate of drug-likeness (QED) is 0.921. The van der Waals surface area contributed by atoms with Crippen LogP contribution in [0.2, 0.25) is 0 Å². The lowest BCUT2D eigenvalue weighted by Crippen LogP contribution is -2.46. The van der Waals surface area contributed by atoms with Crippen LogP contribution in [-0.2, 0) is 0 Å². The molecule has 20 heavy (non-hydrogen) atoms. The Bertz CT molecular complexity index is 446. The Morgan fingerprint density at radius 3 is 2.55 bits per heavy atom. The number of urea groups is 1. The molecule has 0 spiro atoms. The van der Waals surface area contributed by atoms with Crippen LogP contribution < -0.4 is 5.32 Å². The first-order valence-corrected chi connectivity index (χ1v) is 7.24. The van der Waals surface area contributed by atoms with Crippen LogP contribution in [0.25, 0.3) is 0 Å². The normalized spacial score (nSPS) is 16.6. The van der Waals surface area contributed by atoms with E-state index in [0.717, 1.165) is 31.6 Å². The van der Waals surface area contributed by atoms with E-state index in [-0.39, 0.29) is 6.03 Å². The monoisotopic (exact) mass is 279 g/mol. The highest BCUT2D eigenvalue weighted by Crippen LogP contribution is 2.17. The van der Waals surface area contributed by atoms with E-state index in [1.165, 1.54) is 0 Å². The molecule has 1 aliphatic rings. The smallest absolute Gasteiger partial charge is 0.319 e. The van der Waals surface area contributed by atoms with E-state index < -0.39 is 0 Å². The van der Waals surface area contributed by atoms with Crippen LogP contribution in [0.4, 0.5) is 10.5 Å². The first-order chi connectivity index (χ1) is 9.47. The number of amides is 2. The molecule has 1 aliphatic heterocycles. The number of piperidine rings is 1. The van der Waals surface area contributed by atoms with Gasteiger partial charge in [0.2, 0.25) is 0 Å². The third-order valence-corrected chi connectivity index (χ3v) is 3.65. The summed E-state index contributed by atoms with van der Waals surface area (Å²) in [6.07, 6.45) is 5.87. The van der Waals surface area contributed by atoms with Crippen molar-refractivity contribution in [1.29, 1.82) is 0 Å². The van der Waals surface area contributed by atoms with E-state index in [1.54, 1.807) is 19.0 Å². The second kappa shape index (κ2) is 6.15. The van der Waals surface area contributed by atoms with Gasteiger partial charge in [-0.15, -0.1) is 0 Å². The molecule has 2 heterocycles. The Morgan fingerprint density at radius 2 is 2.05 bits per heavy atom.